The summed E-state index contributed by atoms with van der Waals surface area (Å²) in [5, 5.41) is 20.8. The number of nitrogens with zero attached hydrogens (tertiary/aromatic N) is 4. The molecule has 6 nitrogen and oxygen atoms in total. The van der Waals surface area contributed by atoms with E-state index in [-0.39, 0.29) is 0 Å². The van der Waals surface area contributed by atoms with Gasteiger partial charge in [0.25, 0.3) is 0 Å². The summed E-state index contributed by atoms with van der Waals surface area (Å²) in [6, 6.07) is 5.96. The number of hydrogen-bond acceptors (Lipinski definition) is 6. The lowest BCUT2D eigenvalue weighted by atomic mass is 9.87. The van der Waals surface area contributed by atoms with Crippen molar-refractivity contribution in [3.05, 3.63) is 29.0 Å². The van der Waals surface area contributed by atoms with Gasteiger partial charge in [0.2, 0.25) is 0 Å². The molecule has 1 aliphatic rings. The minimum absolute atomic E-state index is 0.321. The van der Waals surface area contributed by atoms with Gasteiger partial charge in [-0.25, -0.2) is 0 Å². The van der Waals surface area contributed by atoms with Crippen molar-refractivity contribution in [3.63, 3.8) is 0 Å². The molecular weight excluding hydrogens is 334 g/mol. The summed E-state index contributed by atoms with van der Waals surface area (Å²) in [7, 11) is 0. The van der Waals surface area contributed by atoms with Gasteiger partial charge in [-0.15, -0.1) is 15.3 Å². The van der Waals surface area contributed by atoms with E-state index < -0.39 is 0 Å². The zero-order valence-electron chi connectivity index (χ0n) is 14.6. The average Bonchev–Trinajstić information content (AvgIpc) is 3.29. The Bertz CT molecular complexity index is 829. The minimum Gasteiger partial charge on any atom is -0.378 e. The van der Waals surface area contributed by atoms with Crippen LogP contribution in [0.2, 0.25) is 0 Å². The minimum atomic E-state index is 0.321. The molecule has 4 rings (SSSR count). The number of hydrogen-bond donors (Lipinski definition) is 1. The topological polar surface area (TPSA) is 64.3 Å². The van der Waals surface area contributed by atoms with E-state index in [4.69, 9.17) is 4.74 Å². The highest BCUT2D eigenvalue weighted by Gasteiger charge is 2.28. The smallest absolute Gasteiger partial charge is 0.186 e. The molecule has 0 aliphatic carbocycles. The summed E-state index contributed by atoms with van der Waals surface area (Å²) < 4.78 is 7.79. The van der Waals surface area contributed by atoms with E-state index >= 15 is 0 Å². The highest BCUT2D eigenvalue weighted by Crippen LogP contribution is 2.27. The maximum Gasteiger partial charge on any atom is 0.186 e. The number of nitrogens with one attached hydrogen (secondary N) is 1. The van der Waals surface area contributed by atoms with E-state index in [2.05, 4.69) is 39.8 Å². The fourth-order valence-corrected chi connectivity index (χ4v) is 4.15. The lowest BCUT2D eigenvalue weighted by Gasteiger charge is -2.34. The number of rotatable bonds is 5. The Morgan fingerprint density at radius 3 is 3.04 bits per heavy atom. The van der Waals surface area contributed by atoms with Crippen molar-refractivity contribution in [2.75, 3.05) is 18.5 Å². The van der Waals surface area contributed by atoms with Crippen LogP contribution in [0.15, 0.2) is 29.0 Å². The van der Waals surface area contributed by atoms with E-state index in [0.717, 1.165) is 42.4 Å². The third-order valence-corrected chi connectivity index (χ3v) is 5.42. The SMILES string of the molecule is CC(C)C1OCCCC1CNc1ccc2nnc(-c3ccsc3)n2n1. The quantitative estimate of drug-likeness (QED) is 0.754. The standard InChI is InChI=1S/C18H23N5OS/c1-12(2)17-13(4-3-8-24-17)10-19-15-5-6-16-20-21-18(23(16)22-15)14-7-9-25-11-14/h5-7,9,11-13,17H,3-4,8,10H2,1-2H3,(H,19,22). The van der Waals surface area contributed by atoms with Crippen molar-refractivity contribution in [2.45, 2.75) is 32.8 Å². The summed E-state index contributed by atoms with van der Waals surface area (Å²) in [5.41, 5.74) is 1.80. The lowest BCUT2D eigenvalue weighted by Crippen LogP contribution is -2.37. The Balaban J connectivity index is 1.53. The molecule has 25 heavy (non-hydrogen) atoms. The van der Waals surface area contributed by atoms with Gasteiger partial charge in [-0.3, -0.25) is 0 Å². The predicted molar refractivity (Wildman–Crippen MR) is 99.9 cm³/mol. The van der Waals surface area contributed by atoms with Crippen molar-refractivity contribution in [1.82, 2.24) is 19.8 Å². The molecule has 0 bridgehead atoms. The van der Waals surface area contributed by atoms with Crippen LogP contribution < -0.4 is 5.32 Å². The van der Waals surface area contributed by atoms with Crippen LogP contribution in [-0.2, 0) is 4.74 Å². The number of anilines is 1. The van der Waals surface area contributed by atoms with Crippen molar-refractivity contribution in [1.29, 1.82) is 0 Å². The maximum absolute atomic E-state index is 5.98. The predicted octanol–water partition coefficient (Wildman–Crippen LogP) is 3.72. The number of aromatic nitrogens is 4. The van der Waals surface area contributed by atoms with Crippen LogP contribution in [0.4, 0.5) is 5.82 Å². The third kappa shape index (κ3) is 3.39. The summed E-state index contributed by atoms with van der Waals surface area (Å²) in [6.45, 7) is 6.22. The molecule has 0 radical (unpaired) electrons. The van der Waals surface area contributed by atoms with Crippen molar-refractivity contribution in [3.8, 4) is 11.4 Å². The normalized spacial score (nSPS) is 21.1. The molecule has 1 fully saturated rings. The van der Waals surface area contributed by atoms with Gasteiger partial charge in [-0.1, -0.05) is 13.8 Å². The molecule has 3 aromatic rings. The zero-order chi connectivity index (χ0) is 17.2. The van der Waals surface area contributed by atoms with Crippen LogP contribution in [0, 0.1) is 11.8 Å². The van der Waals surface area contributed by atoms with Crippen molar-refractivity contribution in [2.24, 2.45) is 11.8 Å². The second-order valence-electron chi connectivity index (χ2n) is 6.89. The monoisotopic (exact) mass is 357 g/mol. The van der Waals surface area contributed by atoms with Gasteiger partial charge in [0.05, 0.1) is 6.10 Å². The first-order valence-electron chi connectivity index (χ1n) is 8.83. The Morgan fingerprint density at radius 1 is 1.32 bits per heavy atom. The fourth-order valence-electron chi connectivity index (χ4n) is 3.51. The van der Waals surface area contributed by atoms with Gasteiger partial charge < -0.3 is 10.1 Å². The molecule has 0 amide bonds. The van der Waals surface area contributed by atoms with E-state index in [1.54, 1.807) is 11.3 Å². The van der Waals surface area contributed by atoms with Gasteiger partial charge in [-0.2, -0.15) is 15.9 Å². The third-order valence-electron chi connectivity index (χ3n) is 4.74. The summed E-state index contributed by atoms with van der Waals surface area (Å²) in [6.07, 6.45) is 2.65. The first-order chi connectivity index (χ1) is 12.2. The molecule has 4 heterocycles. The lowest BCUT2D eigenvalue weighted by molar-refractivity contribution is -0.0481. The van der Waals surface area contributed by atoms with Crippen molar-refractivity contribution >= 4 is 22.8 Å². The van der Waals surface area contributed by atoms with Crippen LogP contribution in [0.1, 0.15) is 26.7 Å². The fraction of sp³-hybridized carbons (Fsp3) is 0.500. The molecule has 7 heteroatoms. The molecule has 1 N–H and O–H groups in total. The zero-order valence-corrected chi connectivity index (χ0v) is 15.4. The second kappa shape index (κ2) is 7.09. The average molecular weight is 357 g/mol. The van der Waals surface area contributed by atoms with E-state index in [0.29, 0.717) is 17.9 Å². The Hall–Kier alpha value is -1.99. The largest absolute Gasteiger partial charge is 0.378 e. The number of thiophene rings is 1. The summed E-state index contributed by atoms with van der Waals surface area (Å²) in [4.78, 5) is 0. The van der Waals surface area contributed by atoms with Crippen LogP contribution in [0.25, 0.3) is 17.0 Å². The number of ether oxygens (including phenoxy) is 1. The molecule has 2 atom stereocenters. The summed E-state index contributed by atoms with van der Waals surface area (Å²) in [5.74, 6) is 2.67. The molecule has 132 valence electrons. The van der Waals surface area contributed by atoms with Crippen LogP contribution >= 0.6 is 11.3 Å². The van der Waals surface area contributed by atoms with E-state index in [1.807, 2.05) is 28.1 Å². The van der Waals surface area contributed by atoms with Crippen molar-refractivity contribution < 1.29 is 4.74 Å². The Morgan fingerprint density at radius 2 is 2.24 bits per heavy atom. The van der Waals surface area contributed by atoms with E-state index in [1.165, 1.54) is 6.42 Å². The molecule has 0 aromatic carbocycles. The molecule has 0 saturated carbocycles. The second-order valence-corrected chi connectivity index (χ2v) is 7.67. The first-order valence-corrected chi connectivity index (χ1v) is 9.77. The Kier molecular flexibility index (Phi) is 4.67. The highest BCUT2D eigenvalue weighted by atomic mass is 32.1. The van der Waals surface area contributed by atoms with Gasteiger partial charge in [0, 0.05) is 30.0 Å². The molecule has 2 unspecified atom stereocenters. The number of fused-ring (bicyclic) bond motifs is 1. The first kappa shape index (κ1) is 16.5. The summed E-state index contributed by atoms with van der Waals surface area (Å²) >= 11 is 1.64. The molecular formula is C18H23N5OS. The van der Waals surface area contributed by atoms with E-state index in [9.17, 15) is 0 Å². The molecule has 1 saturated heterocycles. The molecule has 0 spiro atoms. The van der Waals surface area contributed by atoms with Gasteiger partial charge in [-0.05, 0) is 42.3 Å². The highest BCUT2D eigenvalue weighted by molar-refractivity contribution is 7.08. The maximum atomic E-state index is 5.98. The van der Waals surface area contributed by atoms with Gasteiger partial charge in [0.15, 0.2) is 11.5 Å². The molecule has 3 aromatic heterocycles. The molecule has 1 aliphatic heterocycles. The van der Waals surface area contributed by atoms with Gasteiger partial charge >= 0.3 is 0 Å². The Labute approximate surface area is 151 Å². The van der Waals surface area contributed by atoms with Gasteiger partial charge in [0.1, 0.15) is 5.82 Å². The van der Waals surface area contributed by atoms with Crippen LogP contribution in [0.3, 0.4) is 0 Å². The van der Waals surface area contributed by atoms with Crippen LogP contribution in [-0.4, -0.2) is 39.1 Å². The van der Waals surface area contributed by atoms with Crippen LogP contribution in [0.5, 0.6) is 0 Å².